The smallest absolute Gasteiger partial charge is 0.170 e. The summed E-state index contributed by atoms with van der Waals surface area (Å²) in [6.45, 7) is 0. The number of ether oxygens (including phenoxy) is 1. The van der Waals surface area contributed by atoms with Crippen molar-refractivity contribution in [3.8, 4) is 0 Å². The molecule has 1 saturated carbocycles. The average Bonchev–Trinajstić information content (AvgIpc) is 2.78. The fourth-order valence-electron chi connectivity index (χ4n) is 2.16. The highest BCUT2D eigenvalue weighted by Crippen LogP contribution is 2.21. The summed E-state index contributed by atoms with van der Waals surface area (Å²) in [6, 6.07) is 10.4. The van der Waals surface area contributed by atoms with Crippen LogP contribution in [0.1, 0.15) is 19.3 Å². The van der Waals surface area contributed by atoms with Gasteiger partial charge in [0.2, 0.25) is 0 Å². The van der Waals surface area contributed by atoms with Gasteiger partial charge in [-0.15, -0.1) is 0 Å². The Balaban J connectivity index is 1.78. The summed E-state index contributed by atoms with van der Waals surface area (Å²) in [6.07, 6.45) is 3.65. The number of anilines is 1. The molecule has 1 aromatic carbocycles. The van der Waals surface area contributed by atoms with Gasteiger partial charge >= 0.3 is 0 Å². The van der Waals surface area contributed by atoms with Crippen LogP contribution in [0.15, 0.2) is 30.3 Å². The molecule has 92 valence electrons. The van der Waals surface area contributed by atoms with Crippen molar-refractivity contribution >= 4 is 23.0 Å². The highest BCUT2D eigenvalue weighted by Gasteiger charge is 2.24. The monoisotopic (exact) mass is 250 g/mol. The summed E-state index contributed by atoms with van der Waals surface area (Å²) in [5.74, 6) is 0. The van der Waals surface area contributed by atoms with Crippen molar-refractivity contribution in [3.05, 3.63) is 30.3 Å². The van der Waals surface area contributed by atoms with Gasteiger partial charge in [-0.3, -0.25) is 0 Å². The molecule has 0 radical (unpaired) electrons. The number of para-hydroxylation sites is 1. The number of thiocarbonyl (C=S) groups is 1. The largest absolute Gasteiger partial charge is 0.381 e. The number of benzene rings is 1. The molecule has 0 amide bonds. The van der Waals surface area contributed by atoms with E-state index in [2.05, 4.69) is 10.6 Å². The standard InChI is InChI=1S/C13H18N2OS/c1-16-12-8-7-11(9-12)15-13(17)14-10-5-3-2-4-6-10/h2-6,11-12H,7-9H2,1H3,(H2,14,15,17). The van der Waals surface area contributed by atoms with Crippen LogP contribution in [0.5, 0.6) is 0 Å². The SMILES string of the molecule is COC1CCC(NC(=S)Nc2ccccc2)C1. The molecule has 1 aliphatic rings. The summed E-state index contributed by atoms with van der Waals surface area (Å²) in [5, 5.41) is 7.21. The second kappa shape index (κ2) is 5.98. The summed E-state index contributed by atoms with van der Waals surface area (Å²) in [7, 11) is 1.77. The van der Waals surface area contributed by atoms with Crippen LogP contribution < -0.4 is 10.6 Å². The maximum atomic E-state index is 5.34. The lowest BCUT2D eigenvalue weighted by Gasteiger charge is -2.16. The van der Waals surface area contributed by atoms with E-state index in [1.54, 1.807) is 7.11 Å². The van der Waals surface area contributed by atoms with Gasteiger partial charge < -0.3 is 15.4 Å². The maximum Gasteiger partial charge on any atom is 0.170 e. The molecule has 2 rings (SSSR count). The number of rotatable bonds is 3. The molecule has 0 heterocycles. The Morgan fingerprint density at radius 2 is 2.06 bits per heavy atom. The van der Waals surface area contributed by atoms with Crippen LogP contribution in [0.25, 0.3) is 0 Å². The number of methoxy groups -OCH3 is 1. The molecule has 17 heavy (non-hydrogen) atoms. The molecule has 0 bridgehead atoms. The zero-order chi connectivity index (χ0) is 12.1. The Bertz CT molecular complexity index is 369. The van der Waals surface area contributed by atoms with Crippen LogP contribution in [0.4, 0.5) is 5.69 Å². The number of nitrogens with one attached hydrogen (secondary N) is 2. The molecule has 3 nitrogen and oxygen atoms in total. The van der Waals surface area contributed by atoms with Crippen molar-refractivity contribution in [2.45, 2.75) is 31.4 Å². The predicted molar refractivity (Wildman–Crippen MR) is 74.2 cm³/mol. The molecule has 0 aliphatic heterocycles. The zero-order valence-corrected chi connectivity index (χ0v) is 10.8. The molecular formula is C13H18N2OS. The van der Waals surface area contributed by atoms with E-state index < -0.39 is 0 Å². The summed E-state index contributed by atoms with van der Waals surface area (Å²) in [4.78, 5) is 0. The molecule has 1 aliphatic carbocycles. The lowest BCUT2D eigenvalue weighted by molar-refractivity contribution is 0.107. The van der Waals surface area contributed by atoms with E-state index in [1.165, 1.54) is 0 Å². The van der Waals surface area contributed by atoms with Gasteiger partial charge in [-0.1, -0.05) is 18.2 Å². The lowest BCUT2D eigenvalue weighted by atomic mass is 10.2. The van der Waals surface area contributed by atoms with Gasteiger partial charge in [0.1, 0.15) is 0 Å². The minimum Gasteiger partial charge on any atom is -0.381 e. The molecule has 2 atom stereocenters. The van der Waals surface area contributed by atoms with Crippen LogP contribution in [0, 0.1) is 0 Å². The topological polar surface area (TPSA) is 33.3 Å². The second-order valence-electron chi connectivity index (χ2n) is 4.33. The molecule has 2 unspecified atom stereocenters. The summed E-state index contributed by atoms with van der Waals surface area (Å²) >= 11 is 5.28. The Morgan fingerprint density at radius 1 is 1.29 bits per heavy atom. The molecule has 1 fully saturated rings. The third-order valence-corrected chi connectivity index (χ3v) is 3.30. The minimum absolute atomic E-state index is 0.382. The molecule has 0 aromatic heterocycles. The van der Waals surface area contributed by atoms with Crippen molar-refractivity contribution in [2.24, 2.45) is 0 Å². The normalized spacial score (nSPS) is 23.4. The van der Waals surface area contributed by atoms with Gasteiger partial charge in [-0.05, 0) is 43.6 Å². The Kier molecular flexibility index (Phi) is 4.34. The second-order valence-corrected chi connectivity index (χ2v) is 4.74. The minimum atomic E-state index is 0.382. The van der Waals surface area contributed by atoms with Gasteiger partial charge in [-0.25, -0.2) is 0 Å². The third kappa shape index (κ3) is 3.68. The quantitative estimate of drug-likeness (QED) is 0.808. The molecule has 2 N–H and O–H groups in total. The van der Waals surface area contributed by atoms with Crippen LogP contribution in [-0.4, -0.2) is 24.4 Å². The van der Waals surface area contributed by atoms with Crippen molar-refractivity contribution in [3.63, 3.8) is 0 Å². The maximum absolute atomic E-state index is 5.34. The van der Waals surface area contributed by atoms with Crippen molar-refractivity contribution in [2.75, 3.05) is 12.4 Å². The molecular weight excluding hydrogens is 232 g/mol. The highest BCUT2D eigenvalue weighted by molar-refractivity contribution is 7.80. The van der Waals surface area contributed by atoms with E-state index in [0.717, 1.165) is 24.9 Å². The van der Waals surface area contributed by atoms with Gasteiger partial charge in [-0.2, -0.15) is 0 Å². The van der Waals surface area contributed by atoms with Crippen molar-refractivity contribution in [1.29, 1.82) is 0 Å². The van der Waals surface area contributed by atoms with E-state index in [4.69, 9.17) is 17.0 Å². The number of hydrogen-bond acceptors (Lipinski definition) is 2. The third-order valence-electron chi connectivity index (χ3n) is 3.08. The molecule has 4 heteroatoms. The van der Waals surface area contributed by atoms with E-state index in [-0.39, 0.29) is 0 Å². The summed E-state index contributed by atoms with van der Waals surface area (Å²) in [5.41, 5.74) is 1.02. The first-order valence-corrected chi connectivity index (χ1v) is 6.34. The van der Waals surface area contributed by atoms with Crippen LogP contribution in [0.2, 0.25) is 0 Å². The Labute approximate surface area is 108 Å². The lowest BCUT2D eigenvalue weighted by Crippen LogP contribution is -2.36. The van der Waals surface area contributed by atoms with Gasteiger partial charge in [0.25, 0.3) is 0 Å². The van der Waals surface area contributed by atoms with Crippen LogP contribution in [-0.2, 0) is 4.74 Å². The highest BCUT2D eigenvalue weighted by atomic mass is 32.1. The van der Waals surface area contributed by atoms with Crippen molar-refractivity contribution in [1.82, 2.24) is 5.32 Å². The zero-order valence-electron chi connectivity index (χ0n) is 9.98. The first-order chi connectivity index (χ1) is 8.28. The van der Waals surface area contributed by atoms with Crippen molar-refractivity contribution < 1.29 is 4.74 Å². The van der Waals surface area contributed by atoms with Gasteiger partial charge in [0.15, 0.2) is 5.11 Å². The molecule has 0 spiro atoms. The van der Waals surface area contributed by atoms with E-state index >= 15 is 0 Å². The van der Waals surface area contributed by atoms with E-state index in [0.29, 0.717) is 17.3 Å². The summed E-state index contributed by atoms with van der Waals surface area (Å²) < 4.78 is 5.34. The first kappa shape index (κ1) is 12.3. The van der Waals surface area contributed by atoms with Crippen LogP contribution in [0.3, 0.4) is 0 Å². The number of hydrogen-bond donors (Lipinski definition) is 2. The van der Waals surface area contributed by atoms with E-state index in [9.17, 15) is 0 Å². The van der Waals surface area contributed by atoms with Gasteiger partial charge in [0, 0.05) is 18.8 Å². The average molecular weight is 250 g/mol. The van der Waals surface area contributed by atoms with Crippen LogP contribution >= 0.6 is 12.2 Å². The van der Waals surface area contributed by atoms with E-state index in [1.807, 2.05) is 30.3 Å². The first-order valence-electron chi connectivity index (χ1n) is 5.93. The fourth-order valence-corrected chi connectivity index (χ4v) is 2.44. The predicted octanol–water partition coefficient (Wildman–Crippen LogP) is 2.54. The Morgan fingerprint density at radius 3 is 2.71 bits per heavy atom. The molecule has 0 saturated heterocycles. The fraction of sp³-hybridized carbons (Fsp3) is 0.462. The molecule has 1 aromatic rings. The Hall–Kier alpha value is -1.13. The van der Waals surface area contributed by atoms with Gasteiger partial charge in [0.05, 0.1) is 6.10 Å².